The van der Waals surface area contributed by atoms with Gasteiger partial charge in [-0.1, -0.05) is 0 Å². The third kappa shape index (κ3) is 2.46. The fourth-order valence-corrected chi connectivity index (χ4v) is 3.30. The van der Waals surface area contributed by atoms with Crippen LogP contribution in [0.1, 0.15) is 10.7 Å². The van der Waals surface area contributed by atoms with E-state index >= 15 is 0 Å². The van der Waals surface area contributed by atoms with Gasteiger partial charge in [0.25, 0.3) is 0 Å². The van der Waals surface area contributed by atoms with Crippen LogP contribution in [0.4, 0.5) is 4.39 Å². The van der Waals surface area contributed by atoms with Gasteiger partial charge in [0, 0.05) is 11.4 Å². The molecule has 0 unspecified atom stereocenters. The maximum atomic E-state index is 13.7. The highest BCUT2D eigenvalue weighted by atomic mass is 127. The van der Waals surface area contributed by atoms with Crippen molar-refractivity contribution < 1.29 is 4.39 Å². The summed E-state index contributed by atoms with van der Waals surface area (Å²) in [7, 11) is 0. The highest BCUT2D eigenvalue weighted by molar-refractivity contribution is 14.1. The van der Waals surface area contributed by atoms with Crippen molar-refractivity contribution in [2.75, 3.05) is 0 Å². The first kappa shape index (κ1) is 13.2. The van der Waals surface area contributed by atoms with E-state index in [9.17, 15) is 4.39 Å². The third-order valence-electron chi connectivity index (χ3n) is 2.80. The van der Waals surface area contributed by atoms with Crippen molar-refractivity contribution in [3.05, 3.63) is 42.4 Å². The second-order valence-corrected chi connectivity index (χ2v) is 6.77. The van der Waals surface area contributed by atoms with Gasteiger partial charge in [0.1, 0.15) is 5.82 Å². The second-order valence-electron chi connectivity index (χ2n) is 4.16. The molecule has 0 spiro atoms. The zero-order chi connectivity index (χ0) is 13.6. The van der Waals surface area contributed by atoms with Gasteiger partial charge in [0.05, 0.1) is 31.8 Å². The van der Waals surface area contributed by atoms with E-state index in [1.807, 2.05) is 39.5 Å². The average Bonchev–Trinajstić information content (AvgIpc) is 2.87. The van der Waals surface area contributed by atoms with Crippen LogP contribution in [0, 0.1) is 21.1 Å². The van der Waals surface area contributed by atoms with Gasteiger partial charge < -0.3 is 9.55 Å². The molecule has 0 radical (unpaired) electrons. The van der Waals surface area contributed by atoms with Crippen molar-refractivity contribution in [3.8, 4) is 0 Å². The number of thiazole rings is 1. The Hall–Kier alpha value is -0.800. The summed E-state index contributed by atoms with van der Waals surface area (Å²) in [6, 6.07) is 3.28. The van der Waals surface area contributed by atoms with Gasteiger partial charge in [0.2, 0.25) is 0 Å². The average molecular weight is 405 g/mol. The molecule has 19 heavy (non-hydrogen) atoms. The molecule has 3 rings (SSSR count). The van der Waals surface area contributed by atoms with E-state index in [2.05, 4.69) is 9.97 Å². The van der Waals surface area contributed by atoms with Gasteiger partial charge in [0.15, 0.2) is 4.77 Å². The molecule has 0 bridgehead atoms. The van der Waals surface area contributed by atoms with Gasteiger partial charge in [-0.2, -0.15) is 0 Å². The summed E-state index contributed by atoms with van der Waals surface area (Å²) < 4.78 is 16.7. The Morgan fingerprint density at radius 2 is 2.32 bits per heavy atom. The Bertz CT molecular complexity index is 818. The van der Waals surface area contributed by atoms with Gasteiger partial charge in [-0.25, -0.2) is 9.37 Å². The molecule has 0 atom stereocenters. The highest BCUT2D eigenvalue weighted by Gasteiger charge is 2.10. The first-order valence-electron chi connectivity index (χ1n) is 5.53. The molecule has 1 aromatic carbocycles. The molecule has 2 heterocycles. The first-order chi connectivity index (χ1) is 9.04. The lowest BCUT2D eigenvalue weighted by Gasteiger charge is -2.02. The number of imidazole rings is 1. The molecule has 2 aromatic heterocycles. The smallest absolute Gasteiger partial charge is 0.178 e. The third-order valence-corrected chi connectivity index (χ3v) is 4.77. The van der Waals surface area contributed by atoms with Crippen LogP contribution in [-0.2, 0) is 6.54 Å². The molecule has 0 aliphatic rings. The Labute approximate surface area is 131 Å². The molecule has 98 valence electrons. The summed E-state index contributed by atoms with van der Waals surface area (Å²) >= 11 is 8.87. The summed E-state index contributed by atoms with van der Waals surface area (Å²) in [5.74, 6) is -0.231. The minimum Gasteiger partial charge on any atom is -0.331 e. The molecule has 0 saturated heterocycles. The number of nitrogens with zero attached hydrogens (tertiary/aromatic N) is 2. The normalized spacial score (nSPS) is 11.3. The molecule has 0 fully saturated rings. The van der Waals surface area contributed by atoms with Crippen LogP contribution in [0.3, 0.4) is 0 Å². The van der Waals surface area contributed by atoms with E-state index in [0.29, 0.717) is 14.9 Å². The number of halogens is 2. The summed E-state index contributed by atoms with van der Waals surface area (Å²) in [4.78, 5) is 7.52. The molecule has 0 saturated carbocycles. The van der Waals surface area contributed by atoms with E-state index in [1.54, 1.807) is 17.4 Å². The van der Waals surface area contributed by atoms with E-state index in [0.717, 1.165) is 21.7 Å². The lowest BCUT2D eigenvalue weighted by Crippen LogP contribution is -2.00. The zero-order valence-corrected chi connectivity index (χ0v) is 13.7. The number of hydrogen-bond donors (Lipinski definition) is 1. The van der Waals surface area contributed by atoms with Crippen molar-refractivity contribution in [2.45, 2.75) is 13.5 Å². The molecule has 0 aliphatic carbocycles. The molecule has 1 N–H and O–H groups in total. The number of aromatic amines is 1. The summed E-state index contributed by atoms with van der Waals surface area (Å²) in [5, 5.41) is 3.01. The largest absolute Gasteiger partial charge is 0.331 e. The van der Waals surface area contributed by atoms with Crippen molar-refractivity contribution in [3.63, 3.8) is 0 Å². The maximum absolute atomic E-state index is 13.7. The van der Waals surface area contributed by atoms with Crippen LogP contribution in [0.2, 0.25) is 0 Å². The summed E-state index contributed by atoms with van der Waals surface area (Å²) in [6.45, 7) is 2.52. The van der Waals surface area contributed by atoms with E-state index in [1.165, 1.54) is 6.07 Å². The number of hydrogen-bond acceptors (Lipinski definition) is 3. The van der Waals surface area contributed by atoms with E-state index in [4.69, 9.17) is 12.2 Å². The number of aryl methyl sites for hydroxylation is 1. The van der Waals surface area contributed by atoms with E-state index in [-0.39, 0.29) is 5.82 Å². The predicted molar refractivity (Wildman–Crippen MR) is 85.8 cm³/mol. The molecular formula is C12H9FIN3S2. The number of rotatable bonds is 2. The van der Waals surface area contributed by atoms with Crippen LogP contribution in [-0.4, -0.2) is 14.5 Å². The van der Waals surface area contributed by atoms with Gasteiger partial charge >= 0.3 is 0 Å². The van der Waals surface area contributed by atoms with Gasteiger partial charge in [-0.15, -0.1) is 11.3 Å². The minimum absolute atomic E-state index is 0.231. The zero-order valence-electron chi connectivity index (χ0n) is 9.91. The van der Waals surface area contributed by atoms with Crippen LogP contribution in [0.15, 0.2) is 17.5 Å². The van der Waals surface area contributed by atoms with Gasteiger partial charge in [-0.05, 0) is 47.8 Å². The predicted octanol–water partition coefficient (Wildman–Crippen LogP) is 4.26. The monoisotopic (exact) mass is 405 g/mol. The van der Waals surface area contributed by atoms with Crippen molar-refractivity contribution in [2.24, 2.45) is 0 Å². The SMILES string of the molecule is Cc1nc(Cn2c(=S)[nH]c3cc(I)c(F)cc32)cs1. The van der Waals surface area contributed by atoms with Gasteiger partial charge in [-0.3, -0.25) is 0 Å². The number of nitrogens with one attached hydrogen (secondary N) is 1. The minimum atomic E-state index is -0.231. The van der Waals surface area contributed by atoms with Crippen molar-refractivity contribution in [1.82, 2.24) is 14.5 Å². The summed E-state index contributed by atoms with van der Waals surface area (Å²) in [6.07, 6.45) is 0. The van der Waals surface area contributed by atoms with Crippen molar-refractivity contribution in [1.29, 1.82) is 0 Å². The highest BCUT2D eigenvalue weighted by Crippen LogP contribution is 2.22. The maximum Gasteiger partial charge on any atom is 0.178 e. The lowest BCUT2D eigenvalue weighted by atomic mass is 10.3. The molecular weight excluding hydrogens is 396 g/mol. The summed E-state index contributed by atoms with van der Waals surface area (Å²) in [5.41, 5.74) is 2.56. The Morgan fingerprint density at radius 1 is 1.53 bits per heavy atom. The molecule has 7 heteroatoms. The fraction of sp³-hybridized carbons (Fsp3) is 0.167. The number of aromatic nitrogens is 3. The molecule has 3 aromatic rings. The molecule has 0 aliphatic heterocycles. The number of fused-ring (bicyclic) bond motifs is 1. The van der Waals surface area contributed by atoms with E-state index < -0.39 is 0 Å². The van der Waals surface area contributed by atoms with Crippen LogP contribution >= 0.6 is 46.1 Å². The quantitative estimate of drug-likeness (QED) is 0.511. The number of H-pyrrole nitrogens is 1. The topological polar surface area (TPSA) is 33.6 Å². The lowest BCUT2D eigenvalue weighted by molar-refractivity contribution is 0.621. The molecule has 3 nitrogen and oxygen atoms in total. The Kier molecular flexibility index (Phi) is 3.44. The van der Waals surface area contributed by atoms with Crippen LogP contribution < -0.4 is 0 Å². The van der Waals surface area contributed by atoms with Crippen LogP contribution in [0.25, 0.3) is 11.0 Å². The molecule has 0 amide bonds. The Morgan fingerprint density at radius 3 is 3.00 bits per heavy atom. The number of benzene rings is 1. The van der Waals surface area contributed by atoms with Crippen LogP contribution in [0.5, 0.6) is 0 Å². The van der Waals surface area contributed by atoms with Crippen molar-refractivity contribution >= 4 is 57.2 Å². The Balaban J connectivity index is 2.15. The standard InChI is InChI=1S/C12H9FIN3S2/c1-6-15-7(5-19-6)4-17-11-2-8(13)9(14)3-10(11)16-12(17)18/h2-3,5H,4H2,1H3,(H,16,18). The first-order valence-corrected chi connectivity index (χ1v) is 7.90. The fourth-order valence-electron chi connectivity index (χ4n) is 1.95. The second kappa shape index (κ2) is 4.95.